The van der Waals surface area contributed by atoms with Crippen LogP contribution in [0.1, 0.15) is 316 Å². The number of nitrogens with zero attached hydrogens (tertiary/aromatic N) is 2. The highest BCUT2D eigenvalue weighted by Gasteiger charge is 2.16. The van der Waals surface area contributed by atoms with Gasteiger partial charge in [0.1, 0.15) is 12.4 Å². The number of hydrogen-bond donors (Lipinski definition) is 0. The molecule has 1 heterocycles. The Morgan fingerprint density at radius 1 is 0.304 bits per heavy atom. The van der Waals surface area contributed by atoms with Crippen molar-refractivity contribution in [1.82, 2.24) is 4.57 Å². The summed E-state index contributed by atoms with van der Waals surface area (Å²) in [5, 5.41) is 0. The molecule has 0 saturated heterocycles. The van der Waals surface area contributed by atoms with Gasteiger partial charge in [-0.3, -0.25) is 0 Å². The molecule has 332 valence electrons. The van der Waals surface area contributed by atoms with Crippen LogP contribution in [0.2, 0.25) is 0 Å². The second kappa shape index (κ2) is 45.3. The molecule has 0 saturated carbocycles. The zero-order valence-electron chi connectivity index (χ0n) is 39.5. The molecule has 0 spiro atoms. The summed E-state index contributed by atoms with van der Waals surface area (Å²) in [6.07, 6.45) is 71.3. The maximum absolute atomic E-state index is 2.66. The summed E-state index contributed by atoms with van der Waals surface area (Å²) in [6.45, 7) is 9.42. The van der Waals surface area contributed by atoms with E-state index in [1.807, 2.05) is 0 Å². The van der Waals surface area contributed by atoms with Crippen LogP contribution in [0.4, 0.5) is 0 Å². The van der Waals surface area contributed by atoms with Crippen LogP contribution in [-0.2, 0) is 19.5 Å². The molecule has 1 aromatic heterocycles. The van der Waals surface area contributed by atoms with Gasteiger partial charge < -0.3 is 0 Å². The second-order valence-corrected chi connectivity index (χ2v) is 18.7. The van der Waals surface area contributed by atoms with E-state index in [0.717, 1.165) is 0 Å². The molecular weight excluding hydrogens is 677 g/mol. The molecule has 0 N–H and O–H groups in total. The highest BCUT2D eigenvalue weighted by molar-refractivity contribution is 4.84. The highest BCUT2D eigenvalue weighted by atomic mass is 15.1. The van der Waals surface area contributed by atoms with Crippen LogP contribution in [0.25, 0.3) is 0 Å². The molecule has 1 rings (SSSR count). The smallest absolute Gasteiger partial charge is 0.234 e. The van der Waals surface area contributed by atoms with Crippen LogP contribution in [0.3, 0.4) is 0 Å². The van der Waals surface area contributed by atoms with E-state index in [1.54, 1.807) is 5.82 Å². The van der Waals surface area contributed by atoms with Crippen molar-refractivity contribution in [2.75, 3.05) is 0 Å². The van der Waals surface area contributed by atoms with Crippen molar-refractivity contribution in [3.05, 3.63) is 18.2 Å². The van der Waals surface area contributed by atoms with Gasteiger partial charge in [-0.1, -0.05) is 278 Å². The molecule has 0 aromatic carbocycles. The lowest BCUT2D eigenvalue weighted by Gasteiger charge is -2.07. The van der Waals surface area contributed by atoms with Gasteiger partial charge in [0.25, 0.3) is 5.82 Å². The van der Waals surface area contributed by atoms with E-state index in [0.29, 0.717) is 0 Å². The predicted molar refractivity (Wildman–Crippen MR) is 253 cm³/mol. The van der Waals surface area contributed by atoms with Gasteiger partial charge in [-0.25, -0.2) is 9.13 Å². The average Bonchev–Trinajstić information content (AvgIpc) is 3.59. The van der Waals surface area contributed by atoms with E-state index >= 15 is 0 Å². The van der Waals surface area contributed by atoms with E-state index in [4.69, 9.17) is 0 Å². The van der Waals surface area contributed by atoms with E-state index in [1.165, 1.54) is 308 Å². The SMILES string of the molecule is CCCCCCCCCCCCCCCCCCC[n+]1ccn(CCCCCCCCCCCCCCCCC)c1CCCCCCCCCCCCCCC. The lowest BCUT2D eigenvalue weighted by atomic mass is 10.0. The normalized spacial score (nSPS) is 11.7. The lowest BCUT2D eigenvalue weighted by Crippen LogP contribution is -2.37. The van der Waals surface area contributed by atoms with Crippen LogP contribution in [0.15, 0.2) is 12.4 Å². The van der Waals surface area contributed by atoms with E-state index < -0.39 is 0 Å². The third-order valence-electron chi connectivity index (χ3n) is 13.1. The summed E-state index contributed by atoms with van der Waals surface area (Å²) in [4.78, 5) is 0. The molecular formula is C54H107N2+. The van der Waals surface area contributed by atoms with Gasteiger partial charge in [0.05, 0.1) is 13.1 Å². The van der Waals surface area contributed by atoms with Crippen LogP contribution < -0.4 is 4.57 Å². The topological polar surface area (TPSA) is 8.81 Å². The third-order valence-corrected chi connectivity index (χ3v) is 13.1. The number of rotatable bonds is 48. The molecule has 0 bridgehead atoms. The third kappa shape index (κ3) is 36.3. The molecule has 0 aliphatic rings. The summed E-state index contributed by atoms with van der Waals surface area (Å²) in [6, 6.07) is 0. The van der Waals surface area contributed by atoms with E-state index in [-0.39, 0.29) is 0 Å². The number of imidazole rings is 1. The fourth-order valence-electron chi connectivity index (χ4n) is 9.15. The molecule has 2 nitrogen and oxygen atoms in total. The summed E-state index contributed by atoms with van der Waals surface area (Å²) >= 11 is 0. The Labute approximate surface area is 355 Å². The number of aromatic nitrogens is 2. The molecule has 0 amide bonds. The minimum atomic E-state index is 1.23. The van der Waals surface area contributed by atoms with Crippen LogP contribution >= 0.6 is 0 Å². The molecule has 0 aliphatic carbocycles. The first-order valence-electron chi connectivity index (χ1n) is 26.9. The van der Waals surface area contributed by atoms with Crippen LogP contribution in [0.5, 0.6) is 0 Å². The number of aryl methyl sites for hydroxylation is 2. The Kier molecular flexibility index (Phi) is 43.1. The van der Waals surface area contributed by atoms with Gasteiger partial charge in [0.15, 0.2) is 0 Å². The number of hydrogen-bond acceptors (Lipinski definition) is 0. The van der Waals surface area contributed by atoms with Crippen molar-refractivity contribution >= 4 is 0 Å². The standard InChI is InChI=1S/C54H107N2/c1-4-7-10-13-16-19-22-25-27-28-30-33-36-39-42-45-48-51-56-53-52-55(50-47-44-41-38-35-32-29-26-23-20-17-14-11-8-5-2)54(56)49-46-43-40-37-34-31-24-21-18-15-12-9-6-3/h52-53H,4-51H2,1-3H3/q+1. The molecule has 0 radical (unpaired) electrons. The first-order chi connectivity index (χ1) is 27.8. The maximum atomic E-state index is 2.66. The monoisotopic (exact) mass is 784 g/mol. The maximum Gasteiger partial charge on any atom is 0.256 e. The van der Waals surface area contributed by atoms with Gasteiger partial charge in [-0.2, -0.15) is 0 Å². The Hall–Kier alpha value is -0.790. The summed E-state index contributed by atoms with van der Waals surface area (Å²) in [5.41, 5.74) is 0. The van der Waals surface area contributed by atoms with Gasteiger partial charge in [-0.05, 0) is 32.1 Å². The molecule has 0 aliphatic heterocycles. The molecule has 56 heavy (non-hydrogen) atoms. The molecule has 0 atom stereocenters. The van der Waals surface area contributed by atoms with Gasteiger partial charge >= 0.3 is 0 Å². The minimum Gasteiger partial charge on any atom is -0.234 e. The van der Waals surface area contributed by atoms with Crippen molar-refractivity contribution in [2.24, 2.45) is 0 Å². The summed E-state index contributed by atoms with van der Waals surface area (Å²) in [5.74, 6) is 1.63. The Bertz CT molecular complexity index is 857. The lowest BCUT2D eigenvalue weighted by molar-refractivity contribution is -0.704. The van der Waals surface area contributed by atoms with E-state index in [2.05, 4.69) is 42.3 Å². The first kappa shape index (κ1) is 53.2. The highest BCUT2D eigenvalue weighted by Crippen LogP contribution is 2.17. The largest absolute Gasteiger partial charge is 0.256 e. The fourth-order valence-corrected chi connectivity index (χ4v) is 9.15. The fraction of sp³-hybridized carbons (Fsp3) is 0.944. The Balaban J connectivity index is 2.24. The first-order valence-corrected chi connectivity index (χ1v) is 26.9. The Morgan fingerprint density at radius 3 is 0.857 bits per heavy atom. The van der Waals surface area contributed by atoms with Crippen LogP contribution in [0, 0.1) is 0 Å². The molecule has 0 unspecified atom stereocenters. The molecule has 1 aromatic rings. The van der Waals surface area contributed by atoms with Gasteiger partial charge in [-0.15, -0.1) is 0 Å². The predicted octanol–water partition coefficient (Wildman–Crippen LogP) is 18.9. The summed E-state index contributed by atoms with van der Waals surface area (Å²) < 4.78 is 5.33. The quantitative estimate of drug-likeness (QED) is 0.0460. The summed E-state index contributed by atoms with van der Waals surface area (Å²) in [7, 11) is 0. The van der Waals surface area contributed by atoms with Crippen molar-refractivity contribution in [1.29, 1.82) is 0 Å². The van der Waals surface area contributed by atoms with Crippen LogP contribution in [-0.4, -0.2) is 4.57 Å². The van der Waals surface area contributed by atoms with Gasteiger partial charge in [0.2, 0.25) is 0 Å². The Morgan fingerprint density at radius 2 is 0.554 bits per heavy atom. The zero-order chi connectivity index (χ0) is 40.1. The van der Waals surface area contributed by atoms with Crippen molar-refractivity contribution in [3.8, 4) is 0 Å². The number of unbranched alkanes of at least 4 members (excludes halogenated alkanes) is 42. The van der Waals surface area contributed by atoms with Crippen molar-refractivity contribution in [2.45, 2.75) is 329 Å². The zero-order valence-corrected chi connectivity index (χ0v) is 39.5. The minimum absolute atomic E-state index is 1.23. The molecule has 0 fully saturated rings. The van der Waals surface area contributed by atoms with Crippen molar-refractivity contribution in [3.63, 3.8) is 0 Å². The van der Waals surface area contributed by atoms with Crippen molar-refractivity contribution < 1.29 is 4.57 Å². The van der Waals surface area contributed by atoms with E-state index in [9.17, 15) is 0 Å². The second-order valence-electron chi connectivity index (χ2n) is 18.7. The molecule has 2 heteroatoms. The van der Waals surface area contributed by atoms with Gasteiger partial charge in [0, 0.05) is 6.42 Å². The average molecular weight is 784 g/mol.